The molecule has 1 N–H and O–H groups in total. The lowest BCUT2D eigenvalue weighted by Gasteiger charge is -2.19. The van der Waals surface area contributed by atoms with Crippen LogP contribution in [0.3, 0.4) is 0 Å². The SMILES string of the molecule is Cc1nn([C@H](C)C(=O)N[C@H](C)CCc2ccccc2)c(=O)c2c1sc1ccccc12. The summed E-state index contributed by atoms with van der Waals surface area (Å²) in [5.74, 6) is -0.191. The van der Waals surface area contributed by atoms with Gasteiger partial charge in [0.2, 0.25) is 5.91 Å². The first kappa shape index (κ1) is 20.3. The highest BCUT2D eigenvalue weighted by atomic mass is 32.1. The molecule has 154 valence electrons. The Bertz CT molecular complexity index is 1260. The third-order valence-corrected chi connectivity index (χ3v) is 6.73. The maximum atomic E-state index is 13.2. The molecule has 4 aromatic rings. The molecule has 0 aliphatic heterocycles. The average molecular weight is 420 g/mol. The molecule has 2 atom stereocenters. The van der Waals surface area contributed by atoms with Gasteiger partial charge >= 0.3 is 0 Å². The Labute approximate surface area is 179 Å². The zero-order valence-electron chi connectivity index (χ0n) is 17.4. The van der Waals surface area contributed by atoms with Crippen molar-refractivity contribution in [1.82, 2.24) is 15.1 Å². The first-order chi connectivity index (χ1) is 14.5. The highest BCUT2D eigenvalue weighted by Crippen LogP contribution is 2.32. The number of amides is 1. The van der Waals surface area contributed by atoms with E-state index in [4.69, 9.17) is 0 Å². The summed E-state index contributed by atoms with van der Waals surface area (Å²) in [6.45, 7) is 5.61. The van der Waals surface area contributed by atoms with Gasteiger partial charge in [0.15, 0.2) is 0 Å². The van der Waals surface area contributed by atoms with Crippen LogP contribution in [0, 0.1) is 6.92 Å². The normalized spacial score (nSPS) is 13.4. The van der Waals surface area contributed by atoms with E-state index in [1.807, 2.05) is 56.3 Å². The topological polar surface area (TPSA) is 64.0 Å². The lowest BCUT2D eigenvalue weighted by atomic mass is 10.1. The van der Waals surface area contributed by atoms with Crippen LogP contribution in [0.15, 0.2) is 59.4 Å². The molecule has 0 radical (unpaired) electrons. The number of aryl methyl sites for hydroxylation is 2. The fourth-order valence-electron chi connectivity index (χ4n) is 3.72. The van der Waals surface area contributed by atoms with Gasteiger partial charge < -0.3 is 5.32 Å². The molecule has 6 heteroatoms. The van der Waals surface area contributed by atoms with Crippen LogP contribution in [0.5, 0.6) is 0 Å². The van der Waals surface area contributed by atoms with Crippen molar-refractivity contribution < 1.29 is 4.79 Å². The Morgan fingerprint density at radius 1 is 1.10 bits per heavy atom. The number of fused-ring (bicyclic) bond motifs is 3. The molecule has 0 fully saturated rings. The summed E-state index contributed by atoms with van der Waals surface area (Å²) in [4.78, 5) is 26.1. The number of nitrogens with zero attached hydrogens (tertiary/aromatic N) is 2. The van der Waals surface area contributed by atoms with Crippen molar-refractivity contribution >= 4 is 37.4 Å². The Morgan fingerprint density at radius 3 is 2.57 bits per heavy atom. The molecule has 1 amide bonds. The Hall–Kier alpha value is -2.99. The molecule has 0 aliphatic carbocycles. The number of aromatic nitrogens is 2. The molecule has 4 rings (SSSR count). The summed E-state index contributed by atoms with van der Waals surface area (Å²) in [6.07, 6.45) is 1.72. The fourth-order valence-corrected chi connectivity index (χ4v) is 4.85. The highest BCUT2D eigenvalue weighted by molar-refractivity contribution is 7.26. The molecule has 2 heterocycles. The van der Waals surface area contributed by atoms with Crippen molar-refractivity contribution in [3.8, 4) is 0 Å². The summed E-state index contributed by atoms with van der Waals surface area (Å²) in [5, 5.41) is 9.08. The lowest BCUT2D eigenvalue weighted by molar-refractivity contribution is -0.124. The maximum absolute atomic E-state index is 13.2. The molecule has 0 spiro atoms. The quantitative estimate of drug-likeness (QED) is 0.496. The third-order valence-electron chi connectivity index (χ3n) is 5.45. The van der Waals surface area contributed by atoms with E-state index in [0.29, 0.717) is 5.39 Å². The minimum atomic E-state index is -0.682. The first-order valence-corrected chi connectivity index (χ1v) is 11.0. The molecule has 0 saturated carbocycles. The number of hydrogen-bond donors (Lipinski definition) is 1. The van der Waals surface area contributed by atoms with Gasteiger partial charge in [0.1, 0.15) is 6.04 Å². The Morgan fingerprint density at radius 2 is 1.80 bits per heavy atom. The van der Waals surface area contributed by atoms with E-state index < -0.39 is 6.04 Å². The van der Waals surface area contributed by atoms with Gasteiger partial charge in [-0.15, -0.1) is 11.3 Å². The minimum Gasteiger partial charge on any atom is -0.352 e. The Balaban J connectivity index is 1.55. The van der Waals surface area contributed by atoms with E-state index in [1.165, 1.54) is 10.2 Å². The zero-order chi connectivity index (χ0) is 21.3. The molecule has 5 nitrogen and oxygen atoms in total. The van der Waals surface area contributed by atoms with Crippen LogP contribution >= 0.6 is 11.3 Å². The average Bonchev–Trinajstić information content (AvgIpc) is 3.15. The summed E-state index contributed by atoms with van der Waals surface area (Å²) < 4.78 is 3.27. The van der Waals surface area contributed by atoms with Crippen molar-refractivity contribution in [2.75, 3.05) is 0 Å². The molecule has 2 aromatic carbocycles. The number of nitrogens with one attached hydrogen (secondary N) is 1. The van der Waals surface area contributed by atoms with Crippen molar-refractivity contribution in [1.29, 1.82) is 0 Å². The second kappa shape index (κ2) is 8.40. The van der Waals surface area contributed by atoms with E-state index in [2.05, 4.69) is 22.5 Å². The van der Waals surface area contributed by atoms with E-state index in [1.54, 1.807) is 18.3 Å². The van der Waals surface area contributed by atoms with Crippen LogP contribution in [0.2, 0.25) is 0 Å². The molecular weight excluding hydrogens is 394 g/mol. The van der Waals surface area contributed by atoms with E-state index >= 15 is 0 Å². The minimum absolute atomic E-state index is 0.00247. The van der Waals surface area contributed by atoms with Crippen LogP contribution < -0.4 is 10.9 Å². The molecule has 0 saturated heterocycles. The van der Waals surface area contributed by atoms with E-state index in [0.717, 1.165) is 33.3 Å². The van der Waals surface area contributed by atoms with Gasteiger partial charge in [0.25, 0.3) is 5.56 Å². The predicted octanol–water partition coefficient (Wildman–Crippen LogP) is 4.62. The summed E-state index contributed by atoms with van der Waals surface area (Å²) in [7, 11) is 0. The smallest absolute Gasteiger partial charge is 0.276 e. The number of rotatable bonds is 6. The van der Waals surface area contributed by atoms with Crippen LogP contribution in [0.25, 0.3) is 20.2 Å². The largest absolute Gasteiger partial charge is 0.352 e. The number of carbonyl (C=O) groups is 1. The molecule has 0 aliphatic rings. The van der Waals surface area contributed by atoms with Gasteiger partial charge in [0.05, 0.1) is 15.8 Å². The highest BCUT2D eigenvalue weighted by Gasteiger charge is 2.22. The standard InChI is InChI=1S/C24H25N3O2S/c1-15(13-14-18-9-5-4-6-10-18)25-23(28)17(3)27-24(29)21-19-11-7-8-12-20(19)30-22(21)16(2)26-27/h4-12,15,17H,13-14H2,1-3H3,(H,25,28)/t15-,17-/m1/s1. The van der Waals surface area contributed by atoms with Crippen LogP contribution in [0.1, 0.15) is 37.6 Å². The molecule has 2 aromatic heterocycles. The van der Waals surface area contributed by atoms with Gasteiger partial charge in [-0.3, -0.25) is 9.59 Å². The monoisotopic (exact) mass is 419 g/mol. The van der Waals surface area contributed by atoms with Gasteiger partial charge in [-0.05, 0) is 45.2 Å². The third kappa shape index (κ3) is 3.87. The lowest BCUT2D eigenvalue weighted by Crippen LogP contribution is -2.41. The summed E-state index contributed by atoms with van der Waals surface area (Å²) in [6, 6.07) is 17.4. The summed E-state index contributed by atoms with van der Waals surface area (Å²) in [5.41, 5.74) is 1.80. The van der Waals surface area contributed by atoms with Gasteiger partial charge in [-0.2, -0.15) is 5.10 Å². The second-order valence-corrected chi connectivity index (χ2v) is 8.80. The molecule has 30 heavy (non-hydrogen) atoms. The second-order valence-electron chi connectivity index (χ2n) is 7.75. The van der Waals surface area contributed by atoms with Gasteiger partial charge in [0, 0.05) is 16.1 Å². The van der Waals surface area contributed by atoms with Gasteiger partial charge in [-0.1, -0.05) is 48.5 Å². The van der Waals surface area contributed by atoms with Crippen molar-refractivity contribution in [2.24, 2.45) is 0 Å². The van der Waals surface area contributed by atoms with Crippen molar-refractivity contribution in [2.45, 2.75) is 45.7 Å². The van der Waals surface area contributed by atoms with Crippen molar-refractivity contribution in [3.63, 3.8) is 0 Å². The predicted molar refractivity (Wildman–Crippen MR) is 123 cm³/mol. The van der Waals surface area contributed by atoms with Crippen LogP contribution in [-0.4, -0.2) is 21.7 Å². The Kier molecular flexibility index (Phi) is 5.68. The van der Waals surface area contributed by atoms with Crippen LogP contribution in [0.4, 0.5) is 0 Å². The zero-order valence-corrected chi connectivity index (χ0v) is 18.2. The van der Waals surface area contributed by atoms with E-state index in [9.17, 15) is 9.59 Å². The van der Waals surface area contributed by atoms with E-state index in [-0.39, 0.29) is 17.5 Å². The number of benzene rings is 2. The number of hydrogen-bond acceptors (Lipinski definition) is 4. The first-order valence-electron chi connectivity index (χ1n) is 10.2. The molecule has 0 bridgehead atoms. The molecular formula is C24H25N3O2S. The summed E-state index contributed by atoms with van der Waals surface area (Å²) >= 11 is 1.57. The fraction of sp³-hybridized carbons (Fsp3) is 0.292. The number of thiophene rings is 1. The van der Waals surface area contributed by atoms with Crippen molar-refractivity contribution in [3.05, 3.63) is 76.2 Å². The number of carbonyl (C=O) groups excluding carboxylic acids is 1. The maximum Gasteiger partial charge on any atom is 0.276 e. The van der Waals surface area contributed by atoms with Crippen LogP contribution in [-0.2, 0) is 11.2 Å². The molecule has 0 unspecified atom stereocenters. The van der Waals surface area contributed by atoms with Gasteiger partial charge in [-0.25, -0.2) is 4.68 Å².